The Balaban J connectivity index is 1.61. The summed E-state index contributed by atoms with van der Waals surface area (Å²) in [6.07, 6.45) is 1.23. The van der Waals surface area contributed by atoms with Crippen LogP contribution in [0.5, 0.6) is 0 Å². The first-order chi connectivity index (χ1) is 21.7. The van der Waals surface area contributed by atoms with E-state index in [-0.39, 0.29) is 12.5 Å². The first kappa shape index (κ1) is 34.1. The highest BCUT2D eigenvalue weighted by Crippen LogP contribution is 2.30. The van der Waals surface area contributed by atoms with Crippen LogP contribution in [-0.2, 0) is 53.1 Å². The molecule has 4 rings (SSSR count). The number of hydrogen-bond acceptors (Lipinski definition) is 7. The topological polar surface area (TPSA) is 92.3 Å². The van der Waals surface area contributed by atoms with E-state index in [4.69, 9.17) is 23.7 Å². The number of carbonyl (C=O) groups excluding carboxylic acids is 2. The molecule has 0 radical (unpaired) electrons. The van der Waals surface area contributed by atoms with Crippen molar-refractivity contribution in [2.75, 3.05) is 6.61 Å². The summed E-state index contributed by atoms with van der Waals surface area (Å²) < 4.78 is 31.4. The lowest BCUT2D eigenvalue weighted by atomic mass is 9.90. The lowest BCUT2D eigenvalue weighted by Crippen LogP contribution is -2.65. The van der Waals surface area contributed by atoms with Gasteiger partial charge in [-0.2, -0.15) is 0 Å². The van der Waals surface area contributed by atoms with Crippen LogP contribution in [0, 0.1) is 0 Å². The van der Waals surface area contributed by atoms with Gasteiger partial charge >= 0.3 is 5.97 Å². The fourth-order valence-corrected chi connectivity index (χ4v) is 5.20. The van der Waals surface area contributed by atoms with E-state index >= 15 is 0 Å². The Morgan fingerprint density at radius 3 is 1.78 bits per heavy atom. The molecule has 3 aromatic rings. The van der Waals surface area contributed by atoms with Crippen molar-refractivity contribution in [3.63, 3.8) is 0 Å². The van der Waals surface area contributed by atoms with Crippen LogP contribution < -0.4 is 5.32 Å². The van der Waals surface area contributed by atoms with Crippen molar-refractivity contribution in [3.8, 4) is 0 Å². The zero-order chi connectivity index (χ0) is 32.1. The largest absolute Gasteiger partial charge is 0.457 e. The van der Waals surface area contributed by atoms with Gasteiger partial charge in [0.1, 0.15) is 23.9 Å². The molecule has 45 heavy (non-hydrogen) atoms. The van der Waals surface area contributed by atoms with Crippen molar-refractivity contribution >= 4 is 11.9 Å². The molecule has 0 bridgehead atoms. The first-order valence-corrected chi connectivity index (χ1v) is 15.4. The van der Waals surface area contributed by atoms with Crippen LogP contribution in [0.1, 0.15) is 50.8 Å². The average Bonchev–Trinajstić information content (AvgIpc) is 3.01. The summed E-state index contributed by atoms with van der Waals surface area (Å²) in [5, 5.41) is 3.07. The van der Waals surface area contributed by atoms with Gasteiger partial charge in [0.05, 0.1) is 38.6 Å². The van der Waals surface area contributed by atoms with E-state index in [1.54, 1.807) is 6.08 Å². The Labute approximate surface area is 266 Å². The van der Waals surface area contributed by atoms with E-state index in [9.17, 15) is 9.59 Å². The quantitative estimate of drug-likeness (QED) is 0.177. The minimum absolute atomic E-state index is 0.224. The average molecular weight is 616 g/mol. The molecule has 1 N–H and O–H groups in total. The predicted octanol–water partition coefficient (Wildman–Crippen LogP) is 5.93. The lowest BCUT2D eigenvalue weighted by Gasteiger charge is -2.46. The van der Waals surface area contributed by atoms with Crippen LogP contribution in [0.2, 0.25) is 0 Å². The molecule has 8 heteroatoms. The maximum Gasteiger partial charge on any atom is 0.330 e. The van der Waals surface area contributed by atoms with Gasteiger partial charge < -0.3 is 29.0 Å². The van der Waals surface area contributed by atoms with Crippen LogP contribution in [0.4, 0.5) is 0 Å². The fourth-order valence-electron chi connectivity index (χ4n) is 5.20. The Hall–Kier alpha value is -3.82. The predicted molar refractivity (Wildman–Crippen MR) is 172 cm³/mol. The maximum atomic E-state index is 12.5. The van der Waals surface area contributed by atoms with Crippen molar-refractivity contribution in [2.24, 2.45) is 0 Å². The number of carbonyl (C=O) groups is 2. The van der Waals surface area contributed by atoms with Gasteiger partial charge in [0, 0.05) is 13.0 Å². The van der Waals surface area contributed by atoms with Crippen LogP contribution in [-0.4, -0.2) is 54.5 Å². The molecule has 1 fully saturated rings. The van der Waals surface area contributed by atoms with Crippen molar-refractivity contribution in [3.05, 3.63) is 120 Å². The monoisotopic (exact) mass is 615 g/mol. The third kappa shape index (κ3) is 11.6. The Morgan fingerprint density at radius 1 is 0.756 bits per heavy atom. The van der Waals surface area contributed by atoms with Gasteiger partial charge in [0.2, 0.25) is 5.91 Å². The highest BCUT2D eigenvalue weighted by molar-refractivity contribution is 5.82. The fraction of sp³-hybridized carbons (Fsp3) is 0.405. The summed E-state index contributed by atoms with van der Waals surface area (Å²) in [5.74, 6) is -0.670. The second-order valence-corrected chi connectivity index (χ2v) is 12.1. The normalized spacial score (nSPS) is 21.8. The molecule has 0 spiro atoms. The number of rotatable bonds is 14. The molecule has 0 unspecified atom stereocenters. The van der Waals surface area contributed by atoms with Gasteiger partial charge in [-0.25, -0.2) is 4.79 Å². The van der Waals surface area contributed by atoms with E-state index in [1.807, 2.05) is 112 Å². The van der Waals surface area contributed by atoms with E-state index < -0.39 is 42.0 Å². The number of ether oxygens (including phenoxy) is 5. The number of hydrogen-bond donors (Lipinski definition) is 1. The first-order valence-electron chi connectivity index (χ1n) is 15.4. The van der Waals surface area contributed by atoms with Gasteiger partial charge in [-0.05, 0) is 43.9 Å². The highest BCUT2D eigenvalue weighted by atomic mass is 16.6. The Bertz CT molecular complexity index is 1340. The minimum Gasteiger partial charge on any atom is -0.457 e. The lowest BCUT2D eigenvalue weighted by molar-refractivity contribution is -0.231. The molecule has 1 saturated heterocycles. The van der Waals surface area contributed by atoms with Crippen molar-refractivity contribution < 1.29 is 33.3 Å². The van der Waals surface area contributed by atoms with Gasteiger partial charge in [-0.3, -0.25) is 4.79 Å². The zero-order valence-electron chi connectivity index (χ0n) is 26.6. The van der Waals surface area contributed by atoms with E-state index in [2.05, 4.69) is 5.32 Å². The van der Waals surface area contributed by atoms with Crippen LogP contribution in [0.3, 0.4) is 0 Å². The molecule has 240 valence electrons. The molecule has 1 aliphatic heterocycles. The number of amides is 1. The second kappa shape index (κ2) is 17.0. The molecule has 0 aliphatic carbocycles. The molecular formula is C37H45NO7. The van der Waals surface area contributed by atoms with Crippen molar-refractivity contribution in [1.29, 1.82) is 0 Å². The van der Waals surface area contributed by atoms with E-state index in [1.165, 1.54) is 13.0 Å². The summed E-state index contributed by atoms with van der Waals surface area (Å²) in [7, 11) is 0. The van der Waals surface area contributed by atoms with Gasteiger partial charge in [0.25, 0.3) is 0 Å². The molecule has 3 aromatic carbocycles. The molecule has 1 amide bonds. The summed E-state index contributed by atoms with van der Waals surface area (Å²) >= 11 is 0. The van der Waals surface area contributed by atoms with Crippen LogP contribution >= 0.6 is 0 Å². The van der Waals surface area contributed by atoms with Crippen molar-refractivity contribution in [1.82, 2.24) is 5.32 Å². The number of benzene rings is 3. The van der Waals surface area contributed by atoms with Crippen molar-refractivity contribution in [2.45, 2.75) is 90.0 Å². The molecule has 1 aliphatic rings. The molecule has 5 atom stereocenters. The molecule has 8 nitrogen and oxygen atoms in total. The standard InChI is InChI=1S/C37H45NO7/c1-27(39)38-34-31(21-14-22-33(40)45-37(2,3)4)44-32(26-41-23-28-15-8-5-9-16-28)35(42-24-29-17-10-6-11-18-29)36(34)43-25-30-19-12-7-13-20-30/h5-20,22,31-32,34-36H,21,23-26H2,1-4H3,(H,38,39)/b22-14+/t31-,32-,34+,35-,36-/m1/s1. The summed E-state index contributed by atoms with van der Waals surface area (Å²) in [6, 6.07) is 29.1. The van der Waals surface area contributed by atoms with Crippen LogP contribution in [0.15, 0.2) is 103 Å². The highest BCUT2D eigenvalue weighted by Gasteiger charge is 2.47. The van der Waals surface area contributed by atoms with Gasteiger partial charge in [0.15, 0.2) is 0 Å². The maximum absolute atomic E-state index is 12.5. The summed E-state index contributed by atoms with van der Waals surface area (Å²) in [4.78, 5) is 24.9. The molecule has 0 saturated carbocycles. The van der Waals surface area contributed by atoms with Gasteiger partial charge in [-0.1, -0.05) is 97.1 Å². The third-order valence-electron chi connectivity index (χ3n) is 7.16. The molecule has 0 aromatic heterocycles. The van der Waals surface area contributed by atoms with E-state index in [0.29, 0.717) is 26.2 Å². The van der Waals surface area contributed by atoms with E-state index in [0.717, 1.165) is 16.7 Å². The Kier molecular flexibility index (Phi) is 12.9. The molecular weight excluding hydrogens is 570 g/mol. The third-order valence-corrected chi connectivity index (χ3v) is 7.16. The van der Waals surface area contributed by atoms with Gasteiger partial charge in [-0.15, -0.1) is 0 Å². The second-order valence-electron chi connectivity index (χ2n) is 12.1. The Morgan fingerprint density at radius 2 is 1.27 bits per heavy atom. The summed E-state index contributed by atoms with van der Waals surface area (Å²) in [6.45, 7) is 8.20. The number of nitrogens with one attached hydrogen (secondary N) is 1. The SMILES string of the molecule is CC(=O)N[C@@H]1[C@@H](OCc2ccccc2)[C@H](OCc2ccccc2)[C@@H](COCc2ccccc2)O[C@@H]1C/C=C/C(=O)OC(C)(C)C. The summed E-state index contributed by atoms with van der Waals surface area (Å²) in [5.41, 5.74) is 2.43. The molecule has 1 heterocycles. The number of esters is 1. The smallest absolute Gasteiger partial charge is 0.330 e. The minimum atomic E-state index is -0.609. The van der Waals surface area contributed by atoms with Crippen LogP contribution in [0.25, 0.3) is 0 Å². The zero-order valence-corrected chi connectivity index (χ0v) is 26.6.